The van der Waals surface area contributed by atoms with E-state index in [1.807, 2.05) is 18.2 Å². The Bertz CT molecular complexity index is 856. The topological polar surface area (TPSA) is 70.3 Å². The van der Waals surface area contributed by atoms with E-state index in [1.54, 1.807) is 6.20 Å². The van der Waals surface area contributed by atoms with Gasteiger partial charge in [0.15, 0.2) is 5.75 Å². The van der Waals surface area contributed by atoms with E-state index in [0.717, 1.165) is 11.1 Å². The zero-order valence-electron chi connectivity index (χ0n) is 13.5. The highest BCUT2D eigenvalue weighted by atomic mass is 16.6. The highest BCUT2D eigenvalue weighted by Gasteiger charge is 2.17. The summed E-state index contributed by atoms with van der Waals surface area (Å²) in [4.78, 5) is 8.70. The predicted octanol–water partition coefficient (Wildman–Crippen LogP) is 3.69. The van der Waals surface area contributed by atoms with Crippen molar-refractivity contribution in [1.29, 1.82) is 0 Å². The first-order chi connectivity index (χ1) is 11.7. The maximum absolute atomic E-state index is 5.54. The van der Waals surface area contributed by atoms with E-state index in [-0.39, 0.29) is 0 Å². The predicted molar refractivity (Wildman–Crippen MR) is 88.0 cm³/mol. The minimum Gasteiger partial charge on any atom is -0.484 e. The molecule has 0 aliphatic carbocycles. The monoisotopic (exact) mass is 323 g/mol. The van der Waals surface area contributed by atoms with Gasteiger partial charge in [-0.15, -0.1) is 0 Å². The second-order valence-corrected chi connectivity index (χ2v) is 5.92. The lowest BCUT2D eigenvalue weighted by molar-refractivity contribution is 0.164. The third-order valence-corrected chi connectivity index (χ3v) is 3.91. The Morgan fingerprint density at radius 1 is 1.00 bits per heavy atom. The van der Waals surface area contributed by atoms with Crippen molar-refractivity contribution in [3.8, 4) is 34.5 Å². The summed E-state index contributed by atoms with van der Waals surface area (Å²) >= 11 is 0. The van der Waals surface area contributed by atoms with Gasteiger partial charge in [-0.1, -0.05) is 31.1 Å². The van der Waals surface area contributed by atoms with Gasteiger partial charge in [-0.2, -0.15) is 4.98 Å². The minimum atomic E-state index is 0.474. The molecule has 3 aromatic rings. The lowest BCUT2D eigenvalue weighted by atomic mass is 10.0. The van der Waals surface area contributed by atoms with Crippen LogP contribution in [0.3, 0.4) is 0 Å². The van der Waals surface area contributed by atoms with E-state index in [1.165, 1.54) is 5.56 Å². The van der Waals surface area contributed by atoms with Gasteiger partial charge in [-0.3, -0.25) is 0 Å². The highest BCUT2D eigenvalue weighted by molar-refractivity contribution is 5.61. The van der Waals surface area contributed by atoms with Crippen LogP contribution in [0.1, 0.15) is 25.3 Å². The van der Waals surface area contributed by atoms with Crippen molar-refractivity contribution < 1.29 is 14.0 Å². The molecule has 4 rings (SSSR count). The minimum absolute atomic E-state index is 0.474. The Morgan fingerprint density at radius 2 is 1.79 bits per heavy atom. The molecule has 1 aliphatic rings. The molecular formula is C18H17N3O3. The van der Waals surface area contributed by atoms with Crippen molar-refractivity contribution in [2.75, 3.05) is 13.2 Å². The Hall–Kier alpha value is -2.89. The molecule has 0 N–H and O–H groups in total. The summed E-state index contributed by atoms with van der Waals surface area (Å²) in [6.07, 6.45) is 1.66. The quantitative estimate of drug-likeness (QED) is 0.732. The summed E-state index contributed by atoms with van der Waals surface area (Å²) in [5, 5.41) is 4.05. The molecule has 0 radical (unpaired) electrons. The molecule has 1 aliphatic heterocycles. The van der Waals surface area contributed by atoms with Crippen LogP contribution >= 0.6 is 0 Å². The van der Waals surface area contributed by atoms with Crippen molar-refractivity contribution in [3.05, 3.63) is 42.1 Å². The van der Waals surface area contributed by atoms with Crippen molar-refractivity contribution in [2.24, 2.45) is 0 Å². The lowest BCUT2D eigenvalue weighted by Gasteiger charge is -2.16. The van der Waals surface area contributed by atoms with Gasteiger partial charge in [0.25, 0.3) is 11.8 Å². The van der Waals surface area contributed by atoms with Crippen LogP contribution in [-0.2, 0) is 0 Å². The standard InChI is InChI=1S/C18H17N3O3/c1-11(2)12-3-5-13(6-4-12)17-20-16(21-24-17)14-9-15-18(19-10-14)23-8-7-22-15/h3-6,9-11H,7-8H2,1-2H3. The highest BCUT2D eigenvalue weighted by Crippen LogP contribution is 2.32. The number of pyridine rings is 1. The maximum atomic E-state index is 5.54. The SMILES string of the molecule is CC(C)c1ccc(-c2nc(-c3cnc4c(c3)OCCO4)no2)cc1. The molecule has 0 atom stereocenters. The maximum Gasteiger partial charge on any atom is 0.258 e. The van der Waals surface area contributed by atoms with E-state index in [4.69, 9.17) is 14.0 Å². The van der Waals surface area contributed by atoms with Gasteiger partial charge in [0.05, 0.1) is 0 Å². The summed E-state index contributed by atoms with van der Waals surface area (Å²) in [5.41, 5.74) is 2.89. The molecule has 6 nitrogen and oxygen atoms in total. The van der Waals surface area contributed by atoms with E-state index >= 15 is 0 Å². The summed E-state index contributed by atoms with van der Waals surface area (Å²) in [7, 11) is 0. The van der Waals surface area contributed by atoms with Gasteiger partial charge in [-0.05, 0) is 29.7 Å². The fraction of sp³-hybridized carbons (Fsp3) is 0.278. The number of hydrogen-bond donors (Lipinski definition) is 0. The Balaban J connectivity index is 1.62. The molecule has 0 spiro atoms. The molecule has 2 aromatic heterocycles. The average Bonchev–Trinajstić information content (AvgIpc) is 3.11. The van der Waals surface area contributed by atoms with Gasteiger partial charge in [0.1, 0.15) is 13.2 Å². The van der Waals surface area contributed by atoms with Crippen LogP contribution in [0, 0.1) is 0 Å². The number of benzene rings is 1. The number of rotatable bonds is 3. The first kappa shape index (κ1) is 14.7. The fourth-order valence-corrected chi connectivity index (χ4v) is 2.52. The van der Waals surface area contributed by atoms with Crippen LogP contribution in [-0.4, -0.2) is 28.3 Å². The fourth-order valence-electron chi connectivity index (χ4n) is 2.52. The zero-order valence-corrected chi connectivity index (χ0v) is 13.5. The van der Waals surface area contributed by atoms with Crippen molar-refractivity contribution in [3.63, 3.8) is 0 Å². The van der Waals surface area contributed by atoms with Gasteiger partial charge in [-0.25, -0.2) is 4.98 Å². The first-order valence-electron chi connectivity index (χ1n) is 7.91. The van der Waals surface area contributed by atoms with Crippen LogP contribution in [0.5, 0.6) is 11.6 Å². The average molecular weight is 323 g/mol. The largest absolute Gasteiger partial charge is 0.484 e. The molecule has 0 saturated carbocycles. The third kappa shape index (κ3) is 2.71. The molecule has 0 amide bonds. The molecule has 3 heterocycles. The van der Waals surface area contributed by atoms with Crippen molar-refractivity contribution in [2.45, 2.75) is 19.8 Å². The number of nitrogens with zero attached hydrogens (tertiary/aromatic N) is 3. The van der Waals surface area contributed by atoms with Crippen molar-refractivity contribution in [1.82, 2.24) is 15.1 Å². The lowest BCUT2D eigenvalue weighted by Crippen LogP contribution is -2.16. The van der Waals surface area contributed by atoms with Crippen LogP contribution < -0.4 is 9.47 Å². The van der Waals surface area contributed by atoms with E-state index < -0.39 is 0 Å². The Kier molecular flexibility index (Phi) is 3.65. The molecule has 0 saturated heterocycles. The summed E-state index contributed by atoms with van der Waals surface area (Å²) in [5.74, 6) is 2.54. The van der Waals surface area contributed by atoms with Gasteiger partial charge >= 0.3 is 0 Å². The molecule has 1 aromatic carbocycles. The molecule has 122 valence electrons. The summed E-state index contributed by atoms with van der Waals surface area (Å²) in [6.45, 7) is 5.35. The van der Waals surface area contributed by atoms with Gasteiger partial charge < -0.3 is 14.0 Å². The number of aromatic nitrogens is 3. The number of fused-ring (bicyclic) bond motifs is 1. The third-order valence-electron chi connectivity index (χ3n) is 3.91. The Morgan fingerprint density at radius 3 is 2.58 bits per heavy atom. The van der Waals surface area contributed by atoms with Crippen molar-refractivity contribution >= 4 is 0 Å². The van der Waals surface area contributed by atoms with Crippen LogP contribution in [0.2, 0.25) is 0 Å². The second kappa shape index (κ2) is 5.96. The van der Waals surface area contributed by atoms with E-state index in [2.05, 4.69) is 41.1 Å². The molecule has 0 unspecified atom stereocenters. The van der Waals surface area contributed by atoms with E-state index in [9.17, 15) is 0 Å². The number of hydrogen-bond acceptors (Lipinski definition) is 6. The smallest absolute Gasteiger partial charge is 0.258 e. The van der Waals surface area contributed by atoms with Crippen LogP contribution in [0.25, 0.3) is 22.8 Å². The second-order valence-electron chi connectivity index (χ2n) is 5.92. The summed E-state index contributed by atoms with van der Waals surface area (Å²) < 4.78 is 16.3. The molecule has 6 heteroatoms. The molecule has 0 bridgehead atoms. The molecular weight excluding hydrogens is 306 g/mol. The van der Waals surface area contributed by atoms with Gasteiger partial charge in [0.2, 0.25) is 5.82 Å². The van der Waals surface area contributed by atoms with Crippen LogP contribution in [0.4, 0.5) is 0 Å². The molecule has 0 fully saturated rings. The normalized spacial score (nSPS) is 13.3. The van der Waals surface area contributed by atoms with Gasteiger partial charge in [0, 0.05) is 17.3 Å². The van der Waals surface area contributed by atoms with Crippen LogP contribution in [0.15, 0.2) is 41.1 Å². The first-order valence-corrected chi connectivity index (χ1v) is 7.91. The Labute approximate surface area is 139 Å². The number of ether oxygens (including phenoxy) is 2. The van der Waals surface area contributed by atoms with E-state index in [0.29, 0.717) is 42.5 Å². The zero-order chi connectivity index (χ0) is 16.5. The molecule has 24 heavy (non-hydrogen) atoms. The summed E-state index contributed by atoms with van der Waals surface area (Å²) in [6, 6.07) is 9.96.